The van der Waals surface area contributed by atoms with Crippen LogP contribution in [0.4, 0.5) is 10.1 Å². The second kappa shape index (κ2) is 11.8. The first-order chi connectivity index (χ1) is 11.5. The van der Waals surface area contributed by atoms with Gasteiger partial charge in [-0.3, -0.25) is 9.59 Å². The van der Waals surface area contributed by atoms with Crippen molar-refractivity contribution in [2.45, 2.75) is 58.3 Å². The smallest absolute Gasteiger partial charge is 0.313 e. The van der Waals surface area contributed by atoms with E-state index in [9.17, 15) is 14.0 Å². The number of nitrogens with one attached hydrogen (secondary N) is 2. The van der Waals surface area contributed by atoms with Gasteiger partial charge < -0.3 is 10.6 Å². The molecule has 0 atom stereocenters. The molecular formula is C18H26ClFN2O2. The van der Waals surface area contributed by atoms with E-state index in [4.69, 9.17) is 11.6 Å². The van der Waals surface area contributed by atoms with Gasteiger partial charge in [-0.1, -0.05) is 63.5 Å². The van der Waals surface area contributed by atoms with Gasteiger partial charge in [-0.05, 0) is 24.6 Å². The molecule has 4 nitrogen and oxygen atoms in total. The van der Waals surface area contributed by atoms with Gasteiger partial charge >= 0.3 is 11.8 Å². The number of anilines is 1. The van der Waals surface area contributed by atoms with Crippen LogP contribution >= 0.6 is 11.6 Å². The minimum Gasteiger partial charge on any atom is -0.348 e. The minimum absolute atomic E-state index is 0.0633. The highest BCUT2D eigenvalue weighted by molar-refractivity contribution is 6.39. The summed E-state index contributed by atoms with van der Waals surface area (Å²) >= 11 is 5.63. The SMILES string of the molecule is CCCCCCCCCCNC(=O)C(=O)Nc1ccc(Cl)cc1F. The third kappa shape index (κ3) is 8.29. The number of carbonyl (C=O) groups excluding carboxylic acids is 2. The maximum absolute atomic E-state index is 13.5. The van der Waals surface area contributed by atoms with Crippen molar-refractivity contribution in [3.05, 3.63) is 29.0 Å². The van der Waals surface area contributed by atoms with E-state index in [-0.39, 0.29) is 10.7 Å². The van der Waals surface area contributed by atoms with Crippen LogP contribution in [0.5, 0.6) is 0 Å². The summed E-state index contributed by atoms with van der Waals surface area (Å²) in [5, 5.41) is 5.01. The fourth-order valence-corrected chi connectivity index (χ4v) is 2.47. The Balaban J connectivity index is 2.15. The van der Waals surface area contributed by atoms with Crippen molar-refractivity contribution in [2.75, 3.05) is 11.9 Å². The van der Waals surface area contributed by atoms with Crippen LogP contribution in [0.15, 0.2) is 18.2 Å². The zero-order valence-corrected chi connectivity index (χ0v) is 14.9. The predicted octanol–water partition coefficient (Wildman–Crippen LogP) is 4.67. The molecule has 0 bridgehead atoms. The van der Waals surface area contributed by atoms with Gasteiger partial charge in [0.15, 0.2) is 0 Å². The fraction of sp³-hybridized carbons (Fsp3) is 0.556. The number of rotatable bonds is 10. The molecule has 0 fully saturated rings. The zero-order chi connectivity index (χ0) is 17.8. The molecular weight excluding hydrogens is 331 g/mol. The molecule has 0 saturated heterocycles. The molecule has 0 aliphatic rings. The van der Waals surface area contributed by atoms with Gasteiger partial charge in [0.25, 0.3) is 0 Å². The van der Waals surface area contributed by atoms with Gasteiger partial charge in [0, 0.05) is 11.6 Å². The molecule has 0 spiro atoms. The van der Waals surface area contributed by atoms with Gasteiger partial charge in [0.2, 0.25) is 0 Å². The molecule has 0 aromatic heterocycles. The van der Waals surface area contributed by atoms with Crippen molar-refractivity contribution in [1.82, 2.24) is 5.32 Å². The van der Waals surface area contributed by atoms with Crippen LogP contribution in [0.25, 0.3) is 0 Å². The summed E-state index contributed by atoms with van der Waals surface area (Å²) in [7, 11) is 0. The number of halogens is 2. The molecule has 0 saturated carbocycles. The van der Waals surface area contributed by atoms with E-state index in [0.29, 0.717) is 6.54 Å². The van der Waals surface area contributed by atoms with Crippen molar-refractivity contribution < 1.29 is 14.0 Å². The summed E-state index contributed by atoms with van der Waals surface area (Å²) in [5.41, 5.74) is -0.0633. The Bertz CT molecular complexity index is 538. The lowest BCUT2D eigenvalue weighted by atomic mass is 10.1. The second-order valence-electron chi connectivity index (χ2n) is 5.81. The predicted molar refractivity (Wildman–Crippen MR) is 95.7 cm³/mol. The van der Waals surface area contributed by atoms with E-state index in [1.54, 1.807) is 0 Å². The van der Waals surface area contributed by atoms with Crippen molar-refractivity contribution in [3.63, 3.8) is 0 Å². The van der Waals surface area contributed by atoms with E-state index in [0.717, 1.165) is 25.3 Å². The highest BCUT2D eigenvalue weighted by atomic mass is 35.5. The summed E-state index contributed by atoms with van der Waals surface area (Å²) in [6, 6.07) is 3.84. The van der Waals surface area contributed by atoms with Crippen LogP contribution in [0.3, 0.4) is 0 Å². The van der Waals surface area contributed by atoms with Gasteiger partial charge in [-0.25, -0.2) is 4.39 Å². The number of carbonyl (C=O) groups is 2. The normalized spacial score (nSPS) is 10.5. The molecule has 24 heavy (non-hydrogen) atoms. The topological polar surface area (TPSA) is 58.2 Å². The maximum atomic E-state index is 13.5. The van der Waals surface area contributed by atoms with Crippen LogP contribution in [-0.2, 0) is 9.59 Å². The van der Waals surface area contributed by atoms with Crippen molar-refractivity contribution >= 4 is 29.1 Å². The van der Waals surface area contributed by atoms with Crippen LogP contribution < -0.4 is 10.6 Å². The molecule has 6 heteroatoms. The van der Waals surface area contributed by atoms with Crippen LogP contribution in [0.1, 0.15) is 58.3 Å². The fourth-order valence-electron chi connectivity index (χ4n) is 2.31. The molecule has 0 aliphatic carbocycles. The van der Waals surface area contributed by atoms with Gasteiger partial charge in [0.05, 0.1) is 5.69 Å². The minimum atomic E-state index is -0.879. The molecule has 0 unspecified atom stereocenters. The van der Waals surface area contributed by atoms with Crippen LogP contribution in [0, 0.1) is 5.82 Å². The van der Waals surface area contributed by atoms with E-state index in [1.807, 2.05) is 0 Å². The Labute approximate surface area is 148 Å². The molecule has 0 heterocycles. The highest BCUT2D eigenvalue weighted by Gasteiger charge is 2.15. The number of unbranched alkanes of at least 4 members (excludes halogenated alkanes) is 7. The average Bonchev–Trinajstić information content (AvgIpc) is 2.55. The summed E-state index contributed by atoms with van der Waals surface area (Å²) < 4.78 is 13.5. The largest absolute Gasteiger partial charge is 0.348 e. The molecule has 0 aliphatic heterocycles. The molecule has 1 aromatic rings. The lowest BCUT2D eigenvalue weighted by molar-refractivity contribution is -0.136. The number of hydrogen-bond acceptors (Lipinski definition) is 2. The summed E-state index contributed by atoms with van der Waals surface area (Å²) in [5.74, 6) is -2.31. The maximum Gasteiger partial charge on any atom is 0.313 e. The van der Waals surface area contributed by atoms with E-state index < -0.39 is 17.6 Å². The highest BCUT2D eigenvalue weighted by Crippen LogP contribution is 2.18. The lowest BCUT2D eigenvalue weighted by Gasteiger charge is -2.07. The van der Waals surface area contributed by atoms with E-state index >= 15 is 0 Å². The van der Waals surface area contributed by atoms with Gasteiger partial charge in [-0.2, -0.15) is 0 Å². The number of benzene rings is 1. The van der Waals surface area contributed by atoms with E-state index in [2.05, 4.69) is 17.6 Å². The quantitative estimate of drug-likeness (QED) is 0.472. The second-order valence-corrected chi connectivity index (χ2v) is 6.25. The van der Waals surface area contributed by atoms with Crippen molar-refractivity contribution in [1.29, 1.82) is 0 Å². The van der Waals surface area contributed by atoms with Gasteiger partial charge in [-0.15, -0.1) is 0 Å². The molecule has 134 valence electrons. The van der Waals surface area contributed by atoms with Gasteiger partial charge in [0.1, 0.15) is 5.82 Å². The van der Waals surface area contributed by atoms with Crippen molar-refractivity contribution in [3.8, 4) is 0 Å². The third-order valence-electron chi connectivity index (χ3n) is 3.70. The molecule has 1 rings (SSSR count). The number of hydrogen-bond donors (Lipinski definition) is 2. The zero-order valence-electron chi connectivity index (χ0n) is 14.2. The van der Waals surface area contributed by atoms with Crippen molar-refractivity contribution in [2.24, 2.45) is 0 Å². The molecule has 2 amide bonds. The number of amides is 2. The first kappa shape index (κ1) is 20.4. The summed E-state index contributed by atoms with van der Waals surface area (Å²) in [4.78, 5) is 23.4. The first-order valence-electron chi connectivity index (χ1n) is 8.58. The summed E-state index contributed by atoms with van der Waals surface area (Å²) in [6.07, 6.45) is 9.30. The Morgan fingerprint density at radius 1 is 1.00 bits per heavy atom. The van der Waals surface area contributed by atoms with E-state index in [1.165, 1.54) is 44.2 Å². The van der Waals surface area contributed by atoms with Crippen LogP contribution in [-0.4, -0.2) is 18.4 Å². The molecule has 2 N–H and O–H groups in total. The Kier molecular flexibility index (Phi) is 10.1. The monoisotopic (exact) mass is 356 g/mol. The third-order valence-corrected chi connectivity index (χ3v) is 3.94. The summed E-state index contributed by atoms with van der Waals surface area (Å²) in [6.45, 7) is 2.64. The van der Waals surface area contributed by atoms with Crippen LogP contribution in [0.2, 0.25) is 5.02 Å². The Morgan fingerprint density at radius 2 is 1.62 bits per heavy atom. The Morgan fingerprint density at radius 3 is 2.25 bits per heavy atom. The Hall–Kier alpha value is -1.62. The average molecular weight is 357 g/mol. The molecule has 1 aromatic carbocycles. The standard InChI is InChI=1S/C18H26ClFN2O2/c1-2-3-4-5-6-7-8-9-12-21-17(23)18(24)22-16-11-10-14(19)13-15(16)20/h10-11,13H,2-9,12H2,1H3,(H,21,23)(H,22,24). The lowest BCUT2D eigenvalue weighted by Crippen LogP contribution is -2.36. The molecule has 0 radical (unpaired) electrons. The first-order valence-corrected chi connectivity index (χ1v) is 8.96.